The van der Waals surface area contributed by atoms with Crippen molar-refractivity contribution in [2.75, 3.05) is 20.1 Å². The standard InChI is InChI=1S/C15H18Br2N2O/c1-18-11-3-4-12(18)9-19(7-6-11)15(20)13-5-2-10(16)8-14(13)17/h2,5,8,11-12H,3-4,6-7,9H2,1H3. The van der Waals surface area contributed by atoms with Gasteiger partial charge in [-0.2, -0.15) is 0 Å². The van der Waals surface area contributed by atoms with Gasteiger partial charge in [0.25, 0.3) is 5.91 Å². The summed E-state index contributed by atoms with van der Waals surface area (Å²) in [6, 6.07) is 6.94. The number of carbonyl (C=O) groups excluding carboxylic acids is 1. The average molecular weight is 402 g/mol. The number of fused-ring (bicyclic) bond motifs is 2. The fourth-order valence-corrected chi connectivity index (χ4v) is 4.54. The molecule has 5 heteroatoms. The van der Waals surface area contributed by atoms with Gasteiger partial charge in [0, 0.05) is 34.1 Å². The fraction of sp³-hybridized carbons (Fsp3) is 0.533. The summed E-state index contributed by atoms with van der Waals surface area (Å²) in [5.74, 6) is 0.144. The van der Waals surface area contributed by atoms with Crippen LogP contribution in [0.5, 0.6) is 0 Å². The van der Waals surface area contributed by atoms with Gasteiger partial charge in [0.1, 0.15) is 0 Å². The predicted octanol–water partition coefficient (Wildman–Crippen LogP) is 3.52. The zero-order valence-electron chi connectivity index (χ0n) is 11.5. The molecule has 2 bridgehead atoms. The maximum absolute atomic E-state index is 12.7. The number of carbonyl (C=O) groups is 1. The normalized spacial score (nSPS) is 26.6. The molecule has 1 aromatic carbocycles. The number of hydrogen-bond donors (Lipinski definition) is 0. The Balaban J connectivity index is 1.80. The molecule has 2 unspecified atom stereocenters. The summed E-state index contributed by atoms with van der Waals surface area (Å²) in [7, 11) is 2.20. The first-order valence-electron chi connectivity index (χ1n) is 7.02. The number of benzene rings is 1. The predicted molar refractivity (Wildman–Crippen MR) is 86.9 cm³/mol. The Morgan fingerprint density at radius 3 is 2.70 bits per heavy atom. The lowest BCUT2D eigenvalue weighted by Gasteiger charge is -2.26. The van der Waals surface area contributed by atoms with Crippen LogP contribution in [0.4, 0.5) is 0 Å². The molecule has 0 radical (unpaired) electrons. The molecule has 2 fully saturated rings. The van der Waals surface area contributed by atoms with Gasteiger partial charge < -0.3 is 4.90 Å². The van der Waals surface area contributed by atoms with Gasteiger partial charge in [0.2, 0.25) is 0 Å². The maximum Gasteiger partial charge on any atom is 0.255 e. The van der Waals surface area contributed by atoms with E-state index in [9.17, 15) is 4.79 Å². The molecule has 108 valence electrons. The molecule has 0 spiro atoms. The van der Waals surface area contributed by atoms with Crippen LogP contribution in [0.15, 0.2) is 27.1 Å². The minimum Gasteiger partial charge on any atom is -0.337 e. The monoisotopic (exact) mass is 400 g/mol. The lowest BCUT2D eigenvalue weighted by molar-refractivity contribution is 0.0739. The molecule has 2 aliphatic heterocycles. The lowest BCUT2D eigenvalue weighted by Crippen LogP contribution is -2.39. The van der Waals surface area contributed by atoms with Gasteiger partial charge in [-0.25, -0.2) is 0 Å². The van der Waals surface area contributed by atoms with Crippen LogP contribution in [0.1, 0.15) is 29.6 Å². The largest absolute Gasteiger partial charge is 0.337 e. The summed E-state index contributed by atoms with van der Waals surface area (Å²) in [5, 5.41) is 0. The van der Waals surface area contributed by atoms with Crippen molar-refractivity contribution in [2.24, 2.45) is 0 Å². The number of likely N-dealkylation sites (tertiary alicyclic amines) is 1. The van der Waals surface area contributed by atoms with Crippen LogP contribution in [0.3, 0.4) is 0 Å². The Labute approximate surface area is 136 Å². The Kier molecular flexibility index (Phi) is 4.20. The van der Waals surface area contributed by atoms with Crippen molar-refractivity contribution in [3.63, 3.8) is 0 Å². The maximum atomic E-state index is 12.7. The minimum atomic E-state index is 0.144. The molecule has 0 N–H and O–H groups in total. The molecule has 3 rings (SSSR count). The smallest absolute Gasteiger partial charge is 0.255 e. The van der Waals surface area contributed by atoms with E-state index in [-0.39, 0.29) is 5.91 Å². The number of rotatable bonds is 1. The lowest BCUT2D eigenvalue weighted by atomic mass is 10.1. The quantitative estimate of drug-likeness (QED) is 0.718. The molecule has 2 atom stereocenters. The van der Waals surface area contributed by atoms with Crippen LogP contribution in [-0.4, -0.2) is 47.9 Å². The van der Waals surface area contributed by atoms with Gasteiger partial charge in [0.05, 0.1) is 5.56 Å². The Hall–Kier alpha value is -0.390. The number of likely N-dealkylation sites (N-methyl/N-ethyl adjacent to an activating group) is 1. The molecule has 0 aromatic heterocycles. The van der Waals surface area contributed by atoms with Crippen LogP contribution < -0.4 is 0 Å². The number of nitrogens with zero attached hydrogens (tertiary/aromatic N) is 2. The molecule has 0 aliphatic carbocycles. The Bertz CT molecular complexity index is 535. The van der Waals surface area contributed by atoms with Gasteiger partial charge in [-0.1, -0.05) is 15.9 Å². The first-order chi connectivity index (χ1) is 9.56. The molecular formula is C15H18Br2N2O. The van der Waals surface area contributed by atoms with Gasteiger partial charge in [-0.15, -0.1) is 0 Å². The van der Waals surface area contributed by atoms with Crippen molar-refractivity contribution in [3.05, 3.63) is 32.7 Å². The average Bonchev–Trinajstić information content (AvgIpc) is 2.62. The molecule has 2 saturated heterocycles. The van der Waals surface area contributed by atoms with Crippen molar-refractivity contribution < 1.29 is 4.79 Å². The molecule has 2 heterocycles. The second kappa shape index (κ2) is 5.78. The molecule has 2 aliphatic rings. The van der Waals surface area contributed by atoms with Crippen LogP contribution >= 0.6 is 31.9 Å². The summed E-state index contributed by atoms with van der Waals surface area (Å²) >= 11 is 6.93. The van der Waals surface area contributed by atoms with Gasteiger partial charge in [-0.3, -0.25) is 9.69 Å². The van der Waals surface area contributed by atoms with Gasteiger partial charge in [0.15, 0.2) is 0 Å². The summed E-state index contributed by atoms with van der Waals surface area (Å²) in [6.45, 7) is 1.72. The van der Waals surface area contributed by atoms with E-state index in [4.69, 9.17) is 0 Å². The second-order valence-corrected chi connectivity index (χ2v) is 7.48. The Morgan fingerprint density at radius 2 is 1.95 bits per heavy atom. The first-order valence-corrected chi connectivity index (χ1v) is 8.61. The van der Waals surface area contributed by atoms with E-state index >= 15 is 0 Å². The van der Waals surface area contributed by atoms with E-state index in [1.165, 1.54) is 12.8 Å². The van der Waals surface area contributed by atoms with Crippen LogP contribution in [0, 0.1) is 0 Å². The summed E-state index contributed by atoms with van der Waals surface area (Å²) < 4.78 is 1.84. The second-order valence-electron chi connectivity index (χ2n) is 5.71. The highest BCUT2D eigenvalue weighted by Gasteiger charge is 2.36. The highest BCUT2D eigenvalue weighted by molar-refractivity contribution is 9.11. The van der Waals surface area contributed by atoms with E-state index < -0.39 is 0 Å². The van der Waals surface area contributed by atoms with E-state index in [1.807, 2.05) is 23.1 Å². The first kappa shape index (κ1) is 14.5. The van der Waals surface area contributed by atoms with Gasteiger partial charge in [-0.05, 0) is 60.4 Å². The number of halogens is 2. The van der Waals surface area contributed by atoms with E-state index in [0.717, 1.165) is 34.0 Å². The SMILES string of the molecule is CN1C2CCC1CN(C(=O)c1ccc(Br)cc1Br)CC2. The van der Waals surface area contributed by atoms with Crippen molar-refractivity contribution in [2.45, 2.75) is 31.3 Å². The van der Waals surface area contributed by atoms with Crippen LogP contribution in [0.2, 0.25) is 0 Å². The third-order valence-electron chi connectivity index (χ3n) is 4.60. The third-order valence-corrected chi connectivity index (χ3v) is 5.75. The molecule has 0 saturated carbocycles. The minimum absolute atomic E-state index is 0.144. The summed E-state index contributed by atoms with van der Waals surface area (Å²) in [5.41, 5.74) is 0.758. The molecular weight excluding hydrogens is 384 g/mol. The van der Waals surface area contributed by atoms with Crippen molar-refractivity contribution >= 4 is 37.8 Å². The zero-order chi connectivity index (χ0) is 14.3. The fourth-order valence-electron chi connectivity index (χ4n) is 3.33. The van der Waals surface area contributed by atoms with E-state index in [1.54, 1.807) is 0 Å². The number of amides is 1. The highest BCUT2D eigenvalue weighted by atomic mass is 79.9. The van der Waals surface area contributed by atoms with Crippen LogP contribution in [-0.2, 0) is 0 Å². The third kappa shape index (κ3) is 2.68. The Morgan fingerprint density at radius 1 is 1.20 bits per heavy atom. The molecule has 1 amide bonds. The summed E-state index contributed by atoms with van der Waals surface area (Å²) in [6.07, 6.45) is 3.59. The van der Waals surface area contributed by atoms with Crippen molar-refractivity contribution in [3.8, 4) is 0 Å². The van der Waals surface area contributed by atoms with E-state index in [0.29, 0.717) is 12.1 Å². The van der Waals surface area contributed by atoms with Crippen molar-refractivity contribution in [1.29, 1.82) is 0 Å². The topological polar surface area (TPSA) is 23.6 Å². The molecule has 3 nitrogen and oxygen atoms in total. The zero-order valence-corrected chi connectivity index (χ0v) is 14.7. The summed E-state index contributed by atoms with van der Waals surface area (Å²) in [4.78, 5) is 17.2. The van der Waals surface area contributed by atoms with Crippen molar-refractivity contribution in [1.82, 2.24) is 9.80 Å². The molecule has 1 aromatic rings. The highest BCUT2D eigenvalue weighted by Crippen LogP contribution is 2.30. The van der Waals surface area contributed by atoms with Crippen LogP contribution in [0.25, 0.3) is 0 Å². The number of hydrogen-bond acceptors (Lipinski definition) is 2. The molecule has 20 heavy (non-hydrogen) atoms. The van der Waals surface area contributed by atoms with Gasteiger partial charge >= 0.3 is 0 Å². The van der Waals surface area contributed by atoms with E-state index in [2.05, 4.69) is 43.8 Å².